The minimum absolute atomic E-state index is 0.193. The van der Waals surface area contributed by atoms with Crippen molar-refractivity contribution in [1.29, 1.82) is 0 Å². The van der Waals surface area contributed by atoms with Gasteiger partial charge in [0.1, 0.15) is 11.9 Å². The maximum absolute atomic E-state index is 13.1. The second kappa shape index (κ2) is 8.10. The van der Waals surface area contributed by atoms with Crippen LogP contribution in [0.4, 0.5) is 4.39 Å². The van der Waals surface area contributed by atoms with Gasteiger partial charge in [0.05, 0.1) is 0 Å². The van der Waals surface area contributed by atoms with Crippen molar-refractivity contribution in [2.45, 2.75) is 19.0 Å². The summed E-state index contributed by atoms with van der Waals surface area (Å²) in [6, 6.07) is 12.4. The molecule has 0 spiro atoms. The molecule has 0 saturated heterocycles. The molecule has 3 rings (SSSR count). The first-order valence-corrected chi connectivity index (χ1v) is 8.53. The molecule has 1 heterocycles. The standard InChI is InChI=1S/C20H21FN2O3/c1-26-12-4-11-22-19(24)18-16-5-2-3-6-17(16)20(25)23(18)13-14-7-9-15(21)10-8-14/h2-3,5-10,18H,4,11-13H2,1H3,(H,22,24). The largest absolute Gasteiger partial charge is 0.385 e. The fourth-order valence-corrected chi connectivity index (χ4v) is 3.13. The summed E-state index contributed by atoms with van der Waals surface area (Å²) in [5.41, 5.74) is 2.00. The van der Waals surface area contributed by atoms with E-state index in [1.807, 2.05) is 6.07 Å². The highest BCUT2D eigenvalue weighted by atomic mass is 19.1. The molecule has 1 aliphatic heterocycles. The van der Waals surface area contributed by atoms with Crippen LogP contribution in [0, 0.1) is 5.82 Å². The Balaban J connectivity index is 1.82. The van der Waals surface area contributed by atoms with Crippen molar-refractivity contribution in [3.8, 4) is 0 Å². The molecule has 2 aromatic carbocycles. The van der Waals surface area contributed by atoms with Crippen LogP contribution in [-0.2, 0) is 16.1 Å². The normalized spacial score (nSPS) is 15.8. The van der Waals surface area contributed by atoms with Gasteiger partial charge in [-0.25, -0.2) is 4.39 Å². The molecule has 5 nitrogen and oxygen atoms in total. The van der Waals surface area contributed by atoms with Gasteiger partial charge in [0.15, 0.2) is 0 Å². The summed E-state index contributed by atoms with van der Waals surface area (Å²) >= 11 is 0. The third kappa shape index (κ3) is 3.75. The van der Waals surface area contributed by atoms with Crippen molar-refractivity contribution in [2.24, 2.45) is 0 Å². The number of carbonyl (C=O) groups excluding carboxylic acids is 2. The number of benzene rings is 2. The molecule has 1 aliphatic rings. The summed E-state index contributed by atoms with van der Waals surface area (Å²) in [6.07, 6.45) is 0.697. The second-order valence-electron chi connectivity index (χ2n) is 6.19. The van der Waals surface area contributed by atoms with Crippen molar-refractivity contribution in [3.63, 3.8) is 0 Å². The smallest absolute Gasteiger partial charge is 0.255 e. The zero-order valence-electron chi connectivity index (χ0n) is 14.6. The number of methoxy groups -OCH3 is 1. The minimum Gasteiger partial charge on any atom is -0.385 e. The van der Waals surface area contributed by atoms with Gasteiger partial charge < -0.3 is 15.0 Å². The molecule has 2 amide bonds. The van der Waals surface area contributed by atoms with Gasteiger partial charge in [0.2, 0.25) is 5.91 Å². The third-order valence-corrected chi connectivity index (χ3v) is 4.40. The van der Waals surface area contributed by atoms with Gasteiger partial charge in [-0.2, -0.15) is 0 Å². The molecule has 1 atom stereocenters. The maximum atomic E-state index is 13.1. The molecular weight excluding hydrogens is 335 g/mol. The number of carbonyl (C=O) groups is 2. The van der Waals surface area contributed by atoms with Crippen LogP contribution in [0.5, 0.6) is 0 Å². The zero-order valence-corrected chi connectivity index (χ0v) is 14.6. The quantitative estimate of drug-likeness (QED) is 0.776. The number of fused-ring (bicyclic) bond motifs is 1. The van der Waals surface area contributed by atoms with E-state index in [1.165, 1.54) is 17.0 Å². The Morgan fingerprint density at radius 3 is 2.65 bits per heavy atom. The van der Waals surface area contributed by atoms with Crippen molar-refractivity contribution < 1.29 is 18.7 Å². The Morgan fingerprint density at radius 1 is 1.19 bits per heavy atom. The first-order chi connectivity index (χ1) is 12.6. The lowest BCUT2D eigenvalue weighted by Gasteiger charge is -2.25. The third-order valence-electron chi connectivity index (χ3n) is 4.40. The monoisotopic (exact) mass is 356 g/mol. The number of halogens is 1. The summed E-state index contributed by atoms with van der Waals surface area (Å²) in [6.45, 7) is 1.27. The molecule has 1 N–H and O–H groups in total. The van der Waals surface area contributed by atoms with Gasteiger partial charge in [0.25, 0.3) is 5.91 Å². The van der Waals surface area contributed by atoms with Crippen LogP contribution in [0.3, 0.4) is 0 Å². The summed E-state index contributed by atoms with van der Waals surface area (Å²) in [5.74, 6) is -0.749. The SMILES string of the molecule is COCCCNC(=O)C1c2ccccc2C(=O)N1Cc1ccc(F)cc1. The maximum Gasteiger partial charge on any atom is 0.255 e. The average Bonchev–Trinajstić information content (AvgIpc) is 2.93. The van der Waals surface area contributed by atoms with Gasteiger partial charge in [-0.15, -0.1) is 0 Å². The van der Waals surface area contributed by atoms with Gasteiger partial charge in [0, 0.05) is 32.4 Å². The molecule has 0 saturated carbocycles. The fourth-order valence-electron chi connectivity index (χ4n) is 3.13. The molecule has 0 fully saturated rings. The van der Waals surface area contributed by atoms with E-state index in [-0.39, 0.29) is 24.2 Å². The molecule has 2 aromatic rings. The topological polar surface area (TPSA) is 58.6 Å². The number of hydrogen-bond acceptors (Lipinski definition) is 3. The van der Waals surface area contributed by atoms with E-state index >= 15 is 0 Å². The van der Waals surface area contributed by atoms with Gasteiger partial charge in [-0.3, -0.25) is 9.59 Å². The van der Waals surface area contributed by atoms with Crippen LogP contribution in [0.25, 0.3) is 0 Å². The van der Waals surface area contributed by atoms with Crippen LogP contribution < -0.4 is 5.32 Å². The highest BCUT2D eigenvalue weighted by Crippen LogP contribution is 2.34. The molecule has 136 valence electrons. The van der Waals surface area contributed by atoms with E-state index in [4.69, 9.17) is 4.74 Å². The molecule has 0 bridgehead atoms. The number of nitrogens with one attached hydrogen (secondary N) is 1. The molecule has 0 aliphatic carbocycles. The van der Waals surface area contributed by atoms with Gasteiger partial charge >= 0.3 is 0 Å². The molecular formula is C20H21FN2O3. The predicted octanol–water partition coefficient (Wildman–Crippen LogP) is 2.68. The Labute approximate surface area is 151 Å². The minimum atomic E-state index is -0.689. The van der Waals surface area contributed by atoms with Crippen molar-refractivity contribution in [1.82, 2.24) is 10.2 Å². The van der Waals surface area contributed by atoms with E-state index in [0.717, 1.165) is 5.56 Å². The van der Waals surface area contributed by atoms with Gasteiger partial charge in [-0.05, 0) is 35.7 Å². The number of ether oxygens (including phenoxy) is 1. The zero-order chi connectivity index (χ0) is 18.5. The Bertz CT molecular complexity index is 792. The Hall–Kier alpha value is -2.73. The molecule has 0 radical (unpaired) electrons. The lowest BCUT2D eigenvalue weighted by atomic mass is 10.0. The summed E-state index contributed by atoms with van der Waals surface area (Å²) in [7, 11) is 1.61. The highest BCUT2D eigenvalue weighted by molar-refractivity contribution is 6.04. The highest BCUT2D eigenvalue weighted by Gasteiger charge is 2.40. The van der Waals surface area contributed by atoms with Crippen molar-refractivity contribution in [2.75, 3.05) is 20.3 Å². The number of rotatable bonds is 7. The number of amides is 2. The van der Waals surface area contributed by atoms with Crippen LogP contribution in [0.1, 0.15) is 33.9 Å². The van der Waals surface area contributed by atoms with E-state index in [9.17, 15) is 14.0 Å². The predicted molar refractivity (Wildman–Crippen MR) is 95.0 cm³/mol. The van der Waals surface area contributed by atoms with E-state index in [2.05, 4.69) is 5.32 Å². The van der Waals surface area contributed by atoms with Crippen LogP contribution in [-0.4, -0.2) is 37.0 Å². The Morgan fingerprint density at radius 2 is 1.92 bits per heavy atom. The van der Waals surface area contributed by atoms with E-state index in [0.29, 0.717) is 30.7 Å². The molecule has 1 unspecified atom stereocenters. The van der Waals surface area contributed by atoms with Crippen LogP contribution in [0.2, 0.25) is 0 Å². The molecule has 26 heavy (non-hydrogen) atoms. The van der Waals surface area contributed by atoms with Crippen LogP contribution >= 0.6 is 0 Å². The van der Waals surface area contributed by atoms with Gasteiger partial charge in [-0.1, -0.05) is 30.3 Å². The number of nitrogens with zero attached hydrogens (tertiary/aromatic N) is 1. The summed E-state index contributed by atoms with van der Waals surface area (Å²) < 4.78 is 18.1. The van der Waals surface area contributed by atoms with Crippen molar-refractivity contribution >= 4 is 11.8 Å². The second-order valence-corrected chi connectivity index (χ2v) is 6.19. The van der Waals surface area contributed by atoms with E-state index < -0.39 is 6.04 Å². The van der Waals surface area contributed by atoms with Crippen molar-refractivity contribution in [3.05, 3.63) is 71.0 Å². The summed E-state index contributed by atoms with van der Waals surface area (Å²) in [4.78, 5) is 27.1. The Kier molecular flexibility index (Phi) is 5.63. The van der Waals surface area contributed by atoms with Crippen LogP contribution in [0.15, 0.2) is 48.5 Å². The molecule has 0 aromatic heterocycles. The fraction of sp³-hybridized carbons (Fsp3) is 0.300. The number of hydrogen-bond donors (Lipinski definition) is 1. The molecule has 6 heteroatoms. The first-order valence-electron chi connectivity index (χ1n) is 8.53. The lowest BCUT2D eigenvalue weighted by molar-refractivity contribution is -0.125. The average molecular weight is 356 g/mol. The first kappa shape index (κ1) is 18.1. The lowest BCUT2D eigenvalue weighted by Crippen LogP contribution is -2.39. The van der Waals surface area contributed by atoms with E-state index in [1.54, 1.807) is 37.4 Å². The summed E-state index contributed by atoms with van der Waals surface area (Å²) in [5, 5.41) is 2.87.